The molecular formula is C18H20FNO2S. The zero-order chi connectivity index (χ0) is 16.6. The SMILES string of the molecule is Cc1sc(C(=O)O)cc1CN1C[C@@H](c2ccc(F)cc2)C[C@H]1C. The van der Waals surface area contributed by atoms with Crippen LogP contribution in [0.2, 0.25) is 0 Å². The molecule has 122 valence electrons. The Labute approximate surface area is 139 Å². The van der Waals surface area contributed by atoms with Gasteiger partial charge in [0.15, 0.2) is 0 Å². The molecule has 1 aromatic carbocycles. The van der Waals surface area contributed by atoms with E-state index in [9.17, 15) is 9.18 Å². The number of likely N-dealkylation sites (tertiary alicyclic amines) is 1. The van der Waals surface area contributed by atoms with E-state index in [-0.39, 0.29) is 5.82 Å². The number of hydrogen-bond donors (Lipinski definition) is 1. The second-order valence-corrected chi connectivity index (χ2v) is 7.52. The van der Waals surface area contributed by atoms with Gasteiger partial charge >= 0.3 is 5.97 Å². The van der Waals surface area contributed by atoms with Crippen molar-refractivity contribution in [2.75, 3.05) is 6.54 Å². The highest BCUT2D eigenvalue weighted by molar-refractivity contribution is 7.14. The Bertz CT molecular complexity index is 710. The van der Waals surface area contributed by atoms with Gasteiger partial charge in [0.2, 0.25) is 0 Å². The number of carbonyl (C=O) groups is 1. The Morgan fingerprint density at radius 3 is 2.70 bits per heavy atom. The van der Waals surface area contributed by atoms with Crippen LogP contribution in [0.1, 0.15) is 44.9 Å². The van der Waals surface area contributed by atoms with E-state index in [4.69, 9.17) is 5.11 Å². The van der Waals surface area contributed by atoms with Crippen LogP contribution in [0.3, 0.4) is 0 Å². The molecule has 2 atom stereocenters. The number of thiophene rings is 1. The molecule has 3 rings (SSSR count). The third kappa shape index (κ3) is 3.46. The van der Waals surface area contributed by atoms with Gasteiger partial charge < -0.3 is 5.11 Å². The van der Waals surface area contributed by atoms with E-state index >= 15 is 0 Å². The Hall–Kier alpha value is -1.72. The number of aryl methyl sites for hydroxylation is 1. The predicted molar refractivity (Wildman–Crippen MR) is 89.6 cm³/mol. The van der Waals surface area contributed by atoms with Crippen molar-refractivity contribution in [2.45, 2.75) is 38.8 Å². The van der Waals surface area contributed by atoms with E-state index < -0.39 is 5.97 Å². The first-order valence-electron chi connectivity index (χ1n) is 7.76. The molecule has 0 bridgehead atoms. The molecule has 1 aliphatic rings. The summed E-state index contributed by atoms with van der Waals surface area (Å²) in [6, 6.07) is 9.00. The molecule has 23 heavy (non-hydrogen) atoms. The monoisotopic (exact) mass is 333 g/mol. The fourth-order valence-electron chi connectivity index (χ4n) is 3.30. The van der Waals surface area contributed by atoms with Crippen LogP contribution in [0, 0.1) is 12.7 Å². The summed E-state index contributed by atoms with van der Waals surface area (Å²) in [6.07, 6.45) is 1.04. The van der Waals surface area contributed by atoms with Crippen LogP contribution >= 0.6 is 11.3 Å². The average Bonchev–Trinajstić information content (AvgIpc) is 3.05. The van der Waals surface area contributed by atoms with Crippen molar-refractivity contribution in [3.8, 4) is 0 Å². The summed E-state index contributed by atoms with van der Waals surface area (Å²) >= 11 is 1.34. The van der Waals surface area contributed by atoms with Crippen LogP contribution in [-0.4, -0.2) is 28.6 Å². The second kappa shape index (κ2) is 6.42. The highest BCUT2D eigenvalue weighted by Crippen LogP contribution is 2.34. The smallest absolute Gasteiger partial charge is 0.345 e. The first kappa shape index (κ1) is 16.1. The summed E-state index contributed by atoms with van der Waals surface area (Å²) in [7, 11) is 0. The molecule has 1 fully saturated rings. The Morgan fingerprint density at radius 2 is 2.09 bits per heavy atom. The lowest BCUT2D eigenvalue weighted by Crippen LogP contribution is -2.26. The van der Waals surface area contributed by atoms with Crippen molar-refractivity contribution < 1.29 is 14.3 Å². The lowest BCUT2D eigenvalue weighted by atomic mass is 9.97. The molecule has 0 radical (unpaired) electrons. The fraction of sp³-hybridized carbons (Fsp3) is 0.389. The third-order valence-electron chi connectivity index (χ3n) is 4.65. The van der Waals surface area contributed by atoms with Crippen molar-refractivity contribution in [1.29, 1.82) is 0 Å². The molecule has 1 aromatic heterocycles. The number of carboxylic acid groups (broad SMARTS) is 1. The summed E-state index contributed by atoms with van der Waals surface area (Å²) in [5.74, 6) is -0.654. The number of rotatable bonds is 4. The average molecular weight is 333 g/mol. The highest BCUT2D eigenvalue weighted by atomic mass is 32.1. The van der Waals surface area contributed by atoms with E-state index in [0.717, 1.165) is 30.0 Å². The quantitative estimate of drug-likeness (QED) is 0.908. The zero-order valence-electron chi connectivity index (χ0n) is 13.3. The van der Waals surface area contributed by atoms with Crippen molar-refractivity contribution in [3.63, 3.8) is 0 Å². The lowest BCUT2D eigenvalue weighted by Gasteiger charge is -2.20. The van der Waals surface area contributed by atoms with Gasteiger partial charge in [-0.2, -0.15) is 0 Å². The zero-order valence-corrected chi connectivity index (χ0v) is 14.1. The van der Waals surface area contributed by atoms with Gasteiger partial charge in [0.25, 0.3) is 0 Å². The van der Waals surface area contributed by atoms with Crippen molar-refractivity contribution >= 4 is 17.3 Å². The molecule has 0 saturated carbocycles. The normalized spacial score (nSPS) is 21.7. The molecule has 1 saturated heterocycles. The van der Waals surface area contributed by atoms with Crippen molar-refractivity contribution in [1.82, 2.24) is 4.90 Å². The Morgan fingerprint density at radius 1 is 1.39 bits per heavy atom. The van der Waals surface area contributed by atoms with Crippen molar-refractivity contribution in [3.05, 3.63) is 57.0 Å². The minimum atomic E-state index is -0.858. The van der Waals surface area contributed by atoms with E-state index in [2.05, 4.69) is 11.8 Å². The molecule has 0 amide bonds. The summed E-state index contributed by atoms with van der Waals surface area (Å²) < 4.78 is 13.1. The maximum Gasteiger partial charge on any atom is 0.345 e. The minimum Gasteiger partial charge on any atom is -0.477 e. The summed E-state index contributed by atoms with van der Waals surface area (Å²) in [4.78, 5) is 15.0. The van der Waals surface area contributed by atoms with Crippen molar-refractivity contribution in [2.24, 2.45) is 0 Å². The fourth-order valence-corrected chi connectivity index (χ4v) is 4.17. The van der Waals surface area contributed by atoms with Gasteiger partial charge in [-0.25, -0.2) is 9.18 Å². The minimum absolute atomic E-state index is 0.202. The van der Waals surface area contributed by atoms with Gasteiger partial charge in [-0.1, -0.05) is 12.1 Å². The molecule has 0 aliphatic carbocycles. The van der Waals surface area contributed by atoms with E-state index in [1.165, 1.54) is 29.0 Å². The highest BCUT2D eigenvalue weighted by Gasteiger charge is 2.30. The van der Waals surface area contributed by atoms with Crippen LogP contribution in [0.25, 0.3) is 0 Å². The van der Waals surface area contributed by atoms with E-state index in [1.807, 2.05) is 19.1 Å². The molecule has 0 spiro atoms. The molecule has 5 heteroatoms. The van der Waals surface area contributed by atoms with E-state index in [1.54, 1.807) is 6.07 Å². The molecule has 3 nitrogen and oxygen atoms in total. The maximum atomic E-state index is 13.1. The standard InChI is InChI=1S/C18H20FNO2S/c1-11-7-15(13-3-5-16(19)6-4-13)10-20(11)9-14-8-17(18(21)22)23-12(14)2/h3-6,8,11,15H,7,9-10H2,1-2H3,(H,21,22)/t11-,15+/m1/s1. The summed E-state index contributed by atoms with van der Waals surface area (Å²) in [5, 5.41) is 9.11. The van der Waals surface area contributed by atoms with Crippen LogP contribution in [0.5, 0.6) is 0 Å². The molecule has 2 heterocycles. The lowest BCUT2D eigenvalue weighted by molar-refractivity contribution is 0.0702. The number of benzene rings is 1. The predicted octanol–water partition coefficient (Wildman–Crippen LogP) is 4.27. The number of carboxylic acids is 1. The third-order valence-corrected chi connectivity index (χ3v) is 5.73. The van der Waals surface area contributed by atoms with Gasteiger partial charge in [-0.15, -0.1) is 11.3 Å². The van der Waals surface area contributed by atoms with Crippen LogP contribution in [0.4, 0.5) is 4.39 Å². The Kier molecular flexibility index (Phi) is 4.50. The number of hydrogen-bond acceptors (Lipinski definition) is 3. The van der Waals surface area contributed by atoms with Gasteiger partial charge in [0.05, 0.1) is 0 Å². The van der Waals surface area contributed by atoms with Gasteiger partial charge in [-0.05, 0) is 55.5 Å². The van der Waals surface area contributed by atoms with Gasteiger partial charge in [0.1, 0.15) is 10.7 Å². The van der Waals surface area contributed by atoms with Crippen LogP contribution in [-0.2, 0) is 6.54 Å². The maximum absolute atomic E-state index is 13.1. The van der Waals surface area contributed by atoms with E-state index in [0.29, 0.717) is 16.8 Å². The Balaban J connectivity index is 1.72. The second-order valence-electron chi connectivity index (χ2n) is 6.26. The first-order valence-corrected chi connectivity index (χ1v) is 8.58. The molecule has 1 N–H and O–H groups in total. The molecule has 1 aliphatic heterocycles. The summed E-state index contributed by atoms with van der Waals surface area (Å²) in [6.45, 7) is 5.87. The molecule has 2 aromatic rings. The summed E-state index contributed by atoms with van der Waals surface area (Å²) in [5.41, 5.74) is 2.27. The molecule has 0 unspecified atom stereocenters. The van der Waals surface area contributed by atoms with Gasteiger partial charge in [0, 0.05) is 24.0 Å². The van der Waals surface area contributed by atoms with Crippen LogP contribution in [0.15, 0.2) is 30.3 Å². The number of aromatic carboxylic acids is 1. The van der Waals surface area contributed by atoms with Gasteiger partial charge in [-0.3, -0.25) is 4.90 Å². The topological polar surface area (TPSA) is 40.5 Å². The largest absolute Gasteiger partial charge is 0.477 e. The van der Waals surface area contributed by atoms with Crippen LogP contribution < -0.4 is 0 Å². The number of halogens is 1. The first-order chi connectivity index (χ1) is 10.9. The molecular weight excluding hydrogens is 313 g/mol. The number of nitrogens with zero attached hydrogens (tertiary/aromatic N) is 1.